The lowest BCUT2D eigenvalue weighted by Gasteiger charge is -2.22. The molecule has 6 heteroatoms. The second kappa shape index (κ2) is 7.36. The summed E-state index contributed by atoms with van der Waals surface area (Å²) in [5, 5.41) is 3.02. The van der Waals surface area contributed by atoms with E-state index in [0.717, 1.165) is 17.0 Å². The van der Waals surface area contributed by atoms with Crippen molar-refractivity contribution in [3.05, 3.63) is 24.3 Å². The lowest BCUT2D eigenvalue weighted by atomic mass is 10.2. The summed E-state index contributed by atoms with van der Waals surface area (Å²) in [5.41, 5.74) is 0.968. The molecule has 0 bridgehead atoms. The second-order valence-electron chi connectivity index (χ2n) is 4.90. The third-order valence-corrected chi connectivity index (χ3v) is 4.58. The largest absolute Gasteiger partial charge is 0.453 e. The third-order valence-electron chi connectivity index (χ3n) is 3.34. The van der Waals surface area contributed by atoms with Crippen LogP contribution in [0.4, 0.5) is 10.5 Å². The molecule has 5 nitrogen and oxygen atoms in total. The fourth-order valence-corrected chi connectivity index (χ4v) is 3.34. The van der Waals surface area contributed by atoms with Crippen molar-refractivity contribution < 1.29 is 14.3 Å². The molecule has 1 heterocycles. The Morgan fingerprint density at radius 3 is 2.95 bits per heavy atom. The number of benzene rings is 1. The SMILES string of the molecule is COC(=O)NCCC(=O)N1CC[C@@H](C)Sc2ccccc21. The number of ether oxygens (including phenoxy) is 1. The minimum absolute atomic E-state index is 0.0218. The molecule has 1 aliphatic rings. The zero-order valence-corrected chi connectivity index (χ0v) is 13.1. The van der Waals surface area contributed by atoms with Crippen LogP contribution in [0.15, 0.2) is 29.2 Å². The molecule has 0 fully saturated rings. The molecule has 0 spiro atoms. The van der Waals surface area contributed by atoms with Gasteiger partial charge in [-0.2, -0.15) is 0 Å². The number of amides is 2. The van der Waals surface area contributed by atoms with Gasteiger partial charge in [-0.1, -0.05) is 19.1 Å². The molecule has 1 N–H and O–H groups in total. The number of fused-ring (bicyclic) bond motifs is 1. The minimum Gasteiger partial charge on any atom is -0.453 e. The summed E-state index contributed by atoms with van der Waals surface area (Å²) >= 11 is 1.80. The Bertz CT molecular complexity index is 521. The molecule has 2 rings (SSSR count). The quantitative estimate of drug-likeness (QED) is 0.932. The van der Waals surface area contributed by atoms with Gasteiger partial charge in [-0.3, -0.25) is 4.79 Å². The van der Waals surface area contributed by atoms with E-state index in [9.17, 15) is 9.59 Å². The van der Waals surface area contributed by atoms with E-state index in [1.54, 1.807) is 11.8 Å². The van der Waals surface area contributed by atoms with Gasteiger partial charge < -0.3 is 15.0 Å². The first kappa shape index (κ1) is 15.7. The highest BCUT2D eigenvalue weighted by atomic mass is 32.2. The second-order valence-corrected chi connectivity index (χ2v) is 6.38. The van der Waals surface area contributed by atoms with Gasteiger partial charge in [0.25, 0.3) is 0 Å². The van der Waals surface area contributed by atoms with Gasteiger partial charge >= 0.3 is 6.09 Å². The monoisotopic (exact) mass is 308 g/mol. The Labute approximate surface area is 129 Å². The van der Waals surface area contributed by atoms with Crippen molar-refractivity contribution in [3.63, 3.8) is 0 Å². The van der Waals surface area contributed by atoms with E-state index in [2.05, 4.69) is 23.0 Å². The molecule has 0 unspecified atom stereocenters. The third kappa shape index (κ3) is 4.14. The molecule has 0 saturated carbocycles. The molecule has 2 amide bonds. The molecule has 1 aromatic carbocycles. The van der Waals surface area contributed by atoms with Crippen molar-refractivity contribution in [1.82, 2.24) is 5.32 Å². The molecule has 1 aromatic rings. The van der Waals surface area contributed by atoms with Crippen molar-refractivity contribution in [2.24, 2.45) is 0 Å². The van der Waals surface area contributed by atoms with Crippen LogP contribution in [0.3, 0.4) is 0 Å². The average Bonchev–Trinajstić information content (AvgIpc) is 2.65. The molecule has 0 saturated heterocycles. The summed E-state index contributed by atoms with van der Waals surface area (Å²) in [6, 6.07) is 7.97. The first-order valence-corrected chi connectivity index (χ1v) is 7.87. The van der Waals surface area contributed by atoms with Crippen molar-refractivity contribution in [2.45, 2.75) is 29.9 Å². The van der Waals surface area contributed by atoms with Gasteiger partial charge in [-0.25, -0.2) is 4.79 Å². The van der Waals surface area contributed by atoms with Crippen molar-refractivity contribution in [3.8, 4) is 0 Å². The lowest BCUT2D eigenvalue weighted by Crippen LogP contribution is -2.35. The van der Waals surface area contributed by atoms with Crippen LogP contribution >= 0.6 is 11.8 Å². The maximum absolute atomic E-state index is 12.4. The normalized spacial score (nSPS) is 17.6. The highest BCUT2D eigenvalue weighted by Crippen LogP contribution is 2.37. The van der Waals surface area contributed by atoms with Gasteiger partial charge in [0.2, 0.25) is 5.91 Å². The van der Waals surface area contributed by atoms with Crippen LogP contribution in [0.1, 0.15) is 19.8 Å². The van der Waals surface area contributed by atoms with Crippen molar-refractivity contribution in [1.29, 1.82) is 0 Å². The molecule has 0 aliphatic carbocycles. The molecule has 114 valence electrons. The predicted octanol–water partition coefficient (Wildman–Crippen LogP) is 2.65. The van der Waals surface area contributed by atoms with Gasteiger partial charge in [-0.05, 0) is 18.6 Å². The van der Waals surface area contributed by atoms with Gasteiger partial charge in [0, 0.05) is 29.7 Å². The predicted molar refractivity (Wildman–Crippen MR) is 83.8 cm³/mol. The van der Waals surface area contributed by atoms with E-state index >= 15 is 0 Å². The number of nitrogens with one attached hydrogen (secondary N) is 1. The molecule has 0 radical (unpaired) electrons. The number of carbonyl (C=O) groups excluding carboxylic acids is 2. The number of thioether (sulfide) groups is 1. The van der Waals surface area contributed by atoms with Gasteiger partial charge in [0.15, 0.2) is 0 Å². The van der Waals surface area contributed by atoms with Gasteiger partial charge in [-0.15, -0.1) is 11.8 Å². The zero-order chi connectivity index (χ0) is 15.2. The summed E-state index contributed by atoms with van der Waals surface area (Å²) in [7, 11) is 1.31. The zero-order valence-electron chi connectivity index (χ0n) is 12.3. The first-order chi connectivity index (χ1) is 10.1. The minimum atomic E-state index is -0.511. The van der Waals surface area contributed by atoms with Crippen LogP contribution in [0.2, 0.25) is 0 Å². The molecule has 21 heavy (non-hydrogen) atoms. The standard InChI is InChI=1S/C15H20N2O3S/c1-11-8-10-17(12-5-3-4-6-13(12)21-11)14(18)7-9-16-15(19)20-2/h3-6,11H,7-10H2,1-2H3,(H,16,19)/t11-/m1/s1. The van der Waals surface area contributed by atoms with Crippen molar-refractivity contribution in [2.75, 3.05) is 25.1 Å². The Balaban J connectivity index is 2.05. The van der Waals surface area contributed by atoms with E-state index < -0.39 is 6.09 Å². The summed E-state index contributed by atoms with van der Waals surface area (Å²) < 4.78 is 4.49. The van der Waals surface area contributed by atoms with Gasteiger partial charge in [0.1, 0.15) is 0 Å². The fraction of sp³-hybridized carbons (Fsp3) is 0.467. The molecular formula is C15H20N2O3S. The van der Waals surface area contributed by atoms with Crippen LogP contribution in [-0.4, -0.2) is 37.4 Å². The van der Waals surface area contributed by atoms with Crippen LogP contribution in [0.5, 0.6) is 0 Å². The van der Waals surface area contributed by atoms with Crippen molar-refractivity contribution >= 4 is 29.4 Å². The summed E-state index contributed by atoms with van der Waals surface area (Å²) in [4.78, 5) is 26.4. The molecule has 0 aromatic heterocycles. The molecular weight excluding hydrogens is 288 g/mol. The fourth-order valence-electron chi connectivity index (χ4n) is 2.22. The number of hydrogen-bond acceptors (Lipinski definition) is 4. The number of nitrogens with zero attached hydrogens (tertiary/aromatic N) is 1. The van der Waals surface area contributed by atoms with Crippen LogP contribution in [0.25, 0.3) is 0 Å². The Morgan fingerprint density at radius 1 is 1.43 bits per heavy atom. The van der Waals surface area contributed by atoms with Crippen LogP contribution in [-0.2, 0) is 9.53 Å². The van der Waals surface area contributed by atoms with E-state index in [1.165, 1.54) is 7.11 Å². The maximum Gasteiger partial charge on any atom is 0.406 e. The number of methoxy groups -OCH3 is 1. The number of hydrogen-bond donors (Lipinski definition) is 1. The average molecular weight is 308 g/mol. The van der Waals surface area contributed by atoms with E-state index in [-0.39, 0.29) is 18.9 Å². The lowest BCUT2D eigenvalue weighted by molar-refractivity contribution is -0.118. The summed E-state index contributed by atoms with van der Waals surface area (Å²) in [5.74, 6) is 0.0218. The Hall–Kier alpha value is -1.69. The number of alkyl carbamates (subject to hydrolysis) is 1. The summed E-state index contributed by atoms with van der Waals surface area (Å²) in [6.07, 6.45) is 0.709. The smallest absolute Gasteiger partial charge is 0.406 e. The highest BCUT2D eigenvalue weighted by molar-refractivity contribution is 8.00. The number of para-hydroxylation sites is 1. The van der Waals surface area contributed by atoms with E-state index in [4.69, 9.17) is 0 Å². The van der Waals surface area contributed by atoms with Crippen LogP contribution in [0, 0.1) is 0 Å². The van der Waals surface area contributed by atoms with Crippen LogP contribution < -0.4 is 10.2 Å². The van der Waals surface area contributed by atoms with E-state index in [0.29, 0.717) is 11.8 Å². The number of rotatable bonds is 3. The molecule has 1 aliphatic heterocycles. The Morgan fingerprint density at radius 2 is 2.19 bits per heavy atom. The van der Waals surface area contributed by atoms with Gasteiger partial charge in [0.05, 0.1) is 12.8 Å². The highest BCUT2D eigenvalue weighted by Gasteiger charge is 2.23. The summed E-state index contributed by atoms with van der Waals surface area (Å²) in [6.45, 7) is 3.17. The molecule has 1 atom stereocenters. The first-order valence-electron chi connectivity index (χ1n) is 6.99. The topological polar surface area (TPSA) is 58.6 Å². The number of anilines is 1. The Kier molecular flexibility index (Phi) is 5.50. The maximum atomic E-state index is 12.4. The van der Waals surface area contributed by atoms with E-state index in [1.807, 2.05) is 23.1 Å². The number of carbonyl (C=O) groups is 2.